The van der Waals surface area contributed by atoms with Gasteiger partial charge in [-0.1, -0.05) is 32.9 Å². The Bertz CT molecular complexity index is 539. The van der Waals surface area contributed by atoms with E-state index < -0.39 is 0 Å². The average Bonchev–Trinajstić information content (AvgIpc) is 3.11. The highest BCUT2D eigenvalue weighted by molar-refractivity contribution is 5.83. The smallest absolute Gasteiger partial charge is 0.229 e. The van der Waals surface area contributed by atoms with Crippen molar-refractivity contribution in [2.75, 3.05) is 13.1 Å². The van der Waals surface area contributed by atoms with Crippen LogP contribution in [0.4, 0.5) is 0 Å². The highest BCUT2D eigenvalue weighted by atomic mass is 16.2. The number of hydrogen-bond acceptors (Lipinski definition) is 3. The second-order valence-corrected chi connectivity index (χ2v) is 7.92. The minimum absolute atomic E-state index is 0.0598. The summed E-state index contributed by atoms with van der Waals surface area (Å²) in [4.78, 5) is 15.4. The van der Waals surface area contributed by atoms with Crippen molar-refractivity contribution in [1.29, 1.82) is 0 Å². The van der Waals surface area contributed by atoms with Gasteiger partial charge in [-0.05, 0) is 37.0 Å². The van der Waals surface area contributed by atoms with E-state index in [4.69, 9.17) is 0 Å². The van der Waals surface area contributed by atoms with Crippen LogP contribution in [0.2, 0.25) is 0 Å². The molecule has 1 amide bonds. The van der Waals surface area contributed by atoms with Gasteiger partial charge in [0.15, 0.2) is 0 Å². The maximum Gasteiger partial charge on any atom is 0.229 e. The second kappa shape index (κ2) is 5.36. The number of likely N-dealkylation sites (tertiary alicyclic amines) is 1. The number of piperidine rings is 1. The van der Waals surface area contributed by atoms with E-state index in [1.54, 1.807) is 6.20 Å². The molecule has 0 aromatic carbocycles. The van der Waals surface area contributed by atoms with Crippen molar-refractivity contribution in [3.8, 4) is 0 Å². The van der Waals surface area contributed by atoms with Crippen molar-refractivity contribution in [2.24, 2.45) is 16.7 Å². The van der Waals surface area contributed by atoms with E-state index in [0.29, 0.717) is 11.8 Å². The van der Waals surface area contributed by atoms with E-state index in [2.05, 4.69) is 42.9 Å². The predicted octanol–water partition coefficient (Wildman–Crippen LogP) is 2.90. The standard InChI is InChI=1S/C17H28N4O/c1-13-7-8-17(4,16(13,2)3)15(22)20-10-5-6-14(12-20)21-11-9-18-19-21/h9,11,13-14H,5-8,10,12H2,1-4H3/t13-,14?,17-/m0/s1. The van der Waals surface area contributed by atoms with Crippen LogP contribution in [-0.2, 0) is 4.79 Å². The van der Waals surface area contributed by atoms with Crippen LogP contribution in [0, 0.1) is 16.7 Å². The van der Waals surface area contributed by atoms with Gasteiger partial charge >= 0.3 is 0 Å². The van der Waals surface area contributed by atoms with Gasteiger partial charge in [0, 0.05) is 19.3 Å². The van der Waals surface area contributed by atoms with Crippen LogP contribution < -0.4 is 0 Å². The summed E-state index contributed by atoms with van der Waals surface area (Å²) in [5, 5.41) is 8.02. The minimum atomic E-state index is -0.239. The highest BCUT2D eigenvalue weighted by Crippen LogP contribution is 2.56. The normalized spacial score (nSPS) is 34.8. The number of carbonyl (C=O) groups excluding carboxylic acids is 1. The number of rotatable bonds is 2. The average molecular weight is 304 g/mol. The molecule has 5 heteroatoms. The van der Waals surface area contributed by atoms with E-state index in [9.17, 15) is 4.79 Å². The quantitative estimate of drug-likeness (QED) is 0.844. The third-order valence-corrected chi connectivity index (χ3v) is 6.70. The summed E-state index contributed by atoms with van der Waals surface area (Å²) in [5.74, 6) is 0.934. The summed E-state index contributed by atoms with van der Waals surface area (Å²) >= 11 is 0. The lowest BCUT2D eigenvalue weighted by Crippen LogP contribution is -2.51. The molecule has 0 radical (unpaired) electrons. The molecule has 1 aliphatic heterocycles. The molecule has 0 N–H and O–H groups in total. The summed E-state index contributed by atoms with van der Waals surface area (Å²) in [5.41, 5.74) is -0.180. The Hall–Kier alpha value is -1.39. The first-order valence-electron chi connectivity index (χ1n) is 8.51. The van der Waals surface area contributed by atoms with Crippen molar-refractivity contribution in [1.82, 2.24) is 19.9 Å². The Morgan fingerprint density at radius 3 is 2.64 bits per heavy atom. The van der Waals surface area contributed by atoms with Crippen molar-refractivity contribution in [3.05, 3.63) is 12.4 Å². The lowest BCUT2D eigenvalue weighted by molar-refractivity contribution is -0.149. The summed E-state index contributed by atoms with van der Waals surface area (Å²) < 4.78 is 1.91. The topological polar surface area (TPSA) is 51.0 Å². The lowest BCUT2D eigenvalue weighted by atomic mass is 9.65. The second-order valence-electron chi connectivity index (χ2n) is 7.92. The SMILES string of the molecule is C[C@H]1CC[C@@](C)(C(=O)N2CCCC(n3ccnn3)C2)C1(C)C. The lowest BCUT2D eigenvalue weighted by Gasteiger charge is -2.44. The molecule has 1 saturated carbocycles. The Morgan fingerprint density at radius 1 is 1.27 bits per heavy atom. The third-order valence-electron chi connectivity index (χ3n) is 6.70. The zero-order valence-electron chi connectivity index (χ0n) is 14.2. The Kier molecular flexibility index (Phi) is 3.77. The molecule has 1 aromatic rings. The number of nitrogens with zero attached hydrogens (tertiary/aromatic N) is 4. The van der Waals surface area contributed by atoms with E-state index in [-0.39, 0.29) is 16.9 Å². The fourth-order valence-electron chi connectivity index (χ4n) is 4.23. The Morgan fingerprint density at radius 2 is 2.05 bits per heavy atom. The first-order chi connectivity index (χ1) is 10.4. The van der Waals surface area contributed by atoms with Gasteiger partial charge in [-0.3, -0.25) is 4.79 Å². The third kappa shape index (κ3) is 2.25. The fourth-order valence-corrected chi connectivity index (χ4v) is 4.23. The zero-order chi connectivity index (χ0) is 16.0. The molecule has 2 heterocycles. The van der Waals surface area contributed by atoms with E-state index in [0.717, 1.165) is 38.8 Å². The number of hydrogen-bond donors (Lipinski definition) is 0. The van der Waals surface area contributed by atoms with Crippen LogP contribution in [0.25, 0.3) is 0 Å². The van der Waals surface area contributed by atoms with Crippen LogP contribution in [0.15, 0.2) is 12.4 Å². The maximum atomic E-state index is 13.3. The fraction of sp³-hybridized carbons (Fsp3) is 0.824. The van der Waals surface area contributed by atoms with Gasteiger partial charge in [0.2, 0.25) is 5.91 Å². The van der Waals surface area contributed by atoms with Gasteiger partial charge in [-0.15, -0.1) is 5.10 Å². The van der Waals surface area contributed by atoms with Gasteiger partial charge in [-0.25, -0.2) is 4.68 Å². The van der Waals surface area contributed by atoms with Gasteiger partial charge in [0.1, 0.15) is 0 Å². The summed E-state index contributed by atoms with van der Waals surface area (Å²) in [6, 6.07) is 0.269. The van der Waals surface area contributed by atoms with Crippen LogP contribution in [-0.4, -0.2) is 38.9 Å². The summed E-state index contributed by atoms with van der Waals surface area (Å²) in [6.07, 6.45) is 7.89. The van der Waals surface area contributed by atoms with Crippen LogP contribution in [0.3, 0.4) is 0 Å². The van der Waals surface area contributed by atoms with E-state index >= 15 is 0 Å². The molecule has 1 saturated heterocycles. The van der Waals surface area contributed by atoms with Crippen LogP contribution in [0.5, 0.6) is 0 Å². The van der Waals surface area contributed by atoms with Gasteiger partial charge in [0.05, 0.1) is 17.7 Å². The number of carbonyl (C=O) groups is 1. The molecule has 2 aliphatic rings. The van der Waals surface area contributed by atoms with Crippen molar-refractivity contribution in [3.63, 3.8) is 0 Å². The van der Waals surface area contributed by atoms with E-state index in [1.165, 1.54) is 0 Å². The molecule has 0 bridgehead atoms. The van der Waals surface area contributed by atoms with Gasteiger partial charge in [-0.2, -0.15) is 0 Å². The molecule has 0 spiro atoms. The minimum Gasteiger partial charge on any atom is -0.340 e. The summed E-state index contributed by atoms with van der Waals surface area (Å²) in [6.45, 7) is 10.6. The maximum absolute atomic E-state index is 13.3. The molecular formula is C17H28N4O. The number of aromatic nitrogens is 3. The highest BCUT2D eigenvalue weighted by Gasteiger charge is 2.55. The molecule has 22 heavy (non-hydrogen) atoms. The molecule has 1 unspecified atom stereocenters. The van der Waals surface area contributed by atoms with Crippen LogP contribution >= 0.6 is 0 Å². The Labute approximate surface area is 133 Å². The largest absolute Gasteiger partial charge is 0.340 e. The van der Waals surface area contributed by atoms with Crippen molar-refractivity contribution >= 4 is 5.91 Å². The molecule has 1 aliphatic carbocycles. The van der Waals surface area contributed by atoms with Gasteiger partial charge < -0.3 is 4.90 Å². The predicted molar refractivity (Wildman–Crippen MR) is 85.2 cm³/mol. The van der Waals surface area contributed by atoms with Gasteiger partial charge in [0.25, 0.3) is 0 Å². The number of amides is 1. The molecule has 3 rings (SSSR count). The molecule has 2 fully saturated rings. The molecule has 1 aromatic heterocycles. The van der Waals surface area contributed by atoms with Crippen molar-refractivity contribution < 1.29 is 4.79 Å². The van der Waals surface area contributed by atoms with Crippen LogP contribution in [0.1, 0.15) is 59.4 Å². The monoisotopic (exact) mass is 304 g/mol. The molecule has 122 valence electrons. The molecule has 3 atom stereocenters. The zero-order valence-corrected chi connectivity index (χ0v) is 14.2. The molecule has 5 nitrogen and oxygen atoms in total. The molecular weight excluding hydrogens is 276 g/mol. The first-order valence-corrected chi connectivity index (χ1v) is 8.51. The van der Waals surface area contributed by atoms with E-state index in [1.807, 2.05) is 10.9 Å². The first kappa shape index (κ1) is 15.5. The van der Waals surface area contributed by atoms with Crippen molar-refractivity contribution in [2.45, 2.75) is 59.4 Å². The Balaban J connectivity index is 1.77. The summed E-state index contributed by atoms with van der Waals surface area (Å²) in [7, 11) is 0.